The van der Waals surface area contributed by atoms with E-state index in [0.717, 1.165) is 50.1 Å². The minimum Gasteiger partial charge on any atom is -0.345 e. The number of carbonyl (C=O) groups is 1. The van der Waals surface area contributed by atoms with Crippen LogP contribution >= 0.6 is 23.7 Å². The third-order valence-corrected chi connectivity index (χ3v) is 4.62. The second-order valence-corrected chi connectivity index (χ2v) is 5.78. The number of aromatic nitrogens is 1. The highest BCUT2D eigenvalue weighted by Gasteiger charge is 2.31. The molecule has 106 valence electrons. The average molecular weight is 303 g/mol. The summed E-state index contributed by atoms with van der Waals surface area (Å²) in [7, 11) is 0. The van der Waals surface area contributed by atoms with E-state index in [0.29, 0.717) is 5.91 Å². The smallest absolute Gasteiger partial charge is 0.228 e. The van der Waals surface area contributed by atoms with Gasteiger partial charge in [0.25, 0.3) is 0 Å². The second kappa shape index (κ2) is 6.07. The lowest BCUT2D eigenvalue weighted by Gasteiger charge is -2.38. The van der Waals surface area contributed by atoms with Crippen LogP contribution in [0.25, 0.3) is 0 Å². The molecule has 0 atom stereocenters. The number of aryl methyl sites for hydroxylation is 1. The maximum atomic E-state index is 12.1. The molecule has 3 rings (SSSR count). The monoisotopic (exact) mass is 302 g/mol. The van der Waals surface area contributed by atoms with Gasteiger partial charge >= 0.3 is 0 Å². The highest BCUT2D eigenvalue weighted by Crippen LogP contribution is 2.22. The number of anilines is 1. The van der Waals surface area contributed by atoms with Crippen molar-refractivity contribution in [3.63, 3.8) is 0 Å². The number of rotatable bonds is 2. The number of carbonyl (C=O) groups excluding carboxylic acids is 1. The number of halogens is 1. The van der Waals surface area contributed by atoms with Gasteiger partial charge in [0.1, 0.15) is 0 Å². The minimum atomic E-state index is 0. The Labute approximate surface area is 123 Å². The normalized spacial score (nSPS) is 19.8. The zero-order valence-corrected chi connectivity index (χ0v) is 12.6. The maximum absolute atomic E-state index is 12.1. The molecule has 2 aliphatic heterocycles. The van der Waals surface area contributed by atoms with E-state index in [1.807, 2.05) is 11.8 Å². The first-order valence-corrected chi connectivity index (χ1v) is 7.28. The van der Waals surface area contributed by atoms with Gasteiger partial charge in [0.2, 0.25) is 5.91 Å². The molecule has 0 unspecified atom stereocenters. The van der Waals surface area contributed by atoms with Crippen molar-refractivity contribution in [2.75, 3.05) is 44.2 Å². The summed E-state index contributed by atoms with van der Waals surface area (Å²) in [4.78, 5) is 20.9. The largest absolute Gasteiger partial charge is 0.345 e. The van der Waals surface area contributed by atoms with Gasteiger partial charge in [-0.3, -0.25) is 4.79 Å². The third kappa shape index (κ3) is 3.01. The summed E-state index contributed by atoms with van der Waals surface area (Å²) in [5.74, 6) is 0.544. The molecular formula is C12H19ClN4OS. The number of hydrogen-bond donors (Lipinski definition) is 1. The van der Waals surface area contributed by atoms with Crippen LogP contribution in [0, 0.1) is 12.8 Å². The molecule has 0 bridgehead atoms. The molecule has 2 saturated heterocycles. The summed E-state index contributed by atoms with van der Waals surface area (Å²) in [5, 5.41) is 6.32. The fourth-order valence-electron chi connectivity index (χ4n) is 2.33. The van der Waals surface area contributed by atoms with Gasteiger partial charge in [0.05, 0.1) is 11.6 Å². The lowest BCUT2D eigenvalue weighted by molar-refractivity contribution is -0.137. The second-order valence-electron chi connectivity index (χ2n) is 4.94. The van der Waals surface area contributed by atoms with E-state index in [9.17, 15) is 4.79 Å². The van der Waals surface area contributed by atoms with Gasteiger partial charge in [-0.2, -0.15) is 0 Å². The number of nitrogens with one attached hydrogen (secondary N) is 1. The molecule has 1 N–H and O–H groups in total. The van der Waals surface area contributed by atoms with Crippen LogP contribution < -0.4 is 10.2 Å². The minimum absolute atomic E-state index is 0. The predicted octanol–water partition coefficient (Wildman–Crippen LogP) is 0.741. The zero-order chi connectivity index (χ0) is 12.5. The number of thiazole rings is 1. The van der Waals surface area contributed by atoms with Crippen LogP contribution in [0.2, 0.25) is 0 Å². The molecule has 0 saturated carbocycles. The van der Waals surface area contributed by atoms with Crippen LogP contribution in [0.1, 0.15) is 5.69 Å². The summed E-state index contributed by atoms with van der Waals surface area (Å²) >= 11 is 1.69. The Balaban J connectivity index is 0.00000133. The summed E-state index contributed by atoms with van der Waals surface area (Å²) < 4.78 is 0. The van der Waals surface area contributed by atoms with Crippen LogP contribution in [0.5, 0.6) is 0 Å². The highest BCUT2D eigenvalue weighted by molar-refractivity contribution is 7.13. The maximum Gasteiger partial charge on any atom is 0.228 e. The van der Waals surface area contributed by atoms with Crippen molar-refractivity contribution in [1.29, 1.82) is 0 Å². The number of piperazine rings is 1. The van der Waals surface area contributed by atoms with Crippen LogP contribution in [-0.2, 0) is 4.79 Å². The van der Waals surface area contributed by atoms with Gasteiger partial charge < -0.3 is 15.1 Å². The van der Waals surface area contributed by atoms with Crippen molar-refractivity contribution in [1.82, 2.24) is 15.2 Å². The Morgan fingerprint density at radius 2 is 2.05 bits per heavy atom. The molecule has 1 aromatic rings. The Hall–Kier alpha value is -0.850. The lowest BCUT2D eigenvalue weighted by atomic mass is 10.0. The highest BCUT2D eigenvalue weighted by atomic mass is 35.5. The Kier molecular flexibility index (Phi) is 4.65. The van der Waals surface area contributed by atoms with E-state index >= 15 is 0 Å². The van der Waals surface area contributed by atoms with Crippen molar-refractivity contribution in [2.45, 2.75) is 6.92 Å². The van der Waals surface area contributed by atoms with Gasteiger partial charge in [-0.1, -0.05) is 0 Å². The van der Waals surface area contributed by atoms with Crippen LogP contribution in [-0.4, -0.2) is 55.1 Å². The Morgan fingerprint density at radius 3 is 2.53 bits per heavy atom. The van der Waals surface area contributed by atoms with E-state index in [-0.39, 0.29) is 18.3 Å². The first-order valence-electron chi connectivity index (χ1n) is 6.40. The van der Waals surface area contributed by atoms with Crippen molar-refractivity contribution >= 4 is 34.8 Å². The molecule has 3 heterocycles. The van der Waals surface area contributed by atoms with E-state index < -0.39 is 0 Å². The van der Waals surface area contributed by atoms with E-state index in [1.54, 1.807) is 11.3 Å². The molecule has 1 aromatic heterocycles. The van der Waals surface area contributed by atoms with Gasteiger partial charge in [-0.25, -0.2) is 4.98 Å². The third-order valence-electron chi connectivity index (χ3n) is 3.60. The Bertz CT molecular complexity index is 441. The molecule has 5 nitrogen and oxygen atoms in total. The van der Waals surface area contributed by atoms with E-state index in [1.165, 1.54) is 0 Å². The fraction of sp³-hybridized carbons (Fsp3) is 0.667. The molecule has 0 aliphatic carbocycles. The summed E-state index contributed by atoms with van der Waals surface area (Å²) in [6.45, 7) is 7.18. The molecule has 7 heteroatoms. The quantitative estimate of drug-likeness (QED) is 0.875. The zero-order valence-electron chi connectivity index (χ0n) is 11.0. The molecule has 0 spiro atoms. The molecule has 1 amide bonds. The molecular weight excluding hydrogens is 284 g/mol. The van der Waals surface area contributed by atoms with Gasteiger partial charge in [0.15, 0.2) is 5.13 Å². The molecule has 0 radical (unpaired) electrons. The Morgan fingerprint density at radius 1 is 1.37 bits per heavy atom. The number of nitrogens with zero attached hydrogens (tertiary/aromatic N) is 3. The number of hydrogen-bond acceptors (Lipinski definition) is 5. The van der Waals surface area contributed by atoms with Crippen LogP contribution in [0.15, 0.2) is 5.38 Å². The van der Waals surface area contributed by atoms with Gasteiger partial charge in [-0.05, 0) is 6.92 Å². The number of amides is 1. The lowest BCUT2D eigenvalue weighted by Crippen LogP contribution is -2.56. The summed E-state index contributed by atoms with van der Waals surface area (Å²) in [6.07, 6.45) is 0. The van der Waals surface area contributed by atoms with Crippen molar-refractivity contribution in [3.05, 3.63) is 11.1 Å². The summed E-state index contributed by atoms with van der Waals surface area (Å²) in [6, 6.07) is 0. The molecule has 19 heavy (non-hydrogen) atoms. The SMILES string of the molecule is Cc1csc(N2CCN(C(=O)C3CNC3)CC2)n1.Cl. The fourth-order valence-corrected chi connectivity index (χ4v) is 3.18. The van der Waals surface area contributed by atoms with Crippen molar-refractivity contribution in [3.8, 4) is 0 Å². The van der Waals surface area contributed by atoms with Gasteiger partial charge in [-0.15, -0.1) is 23.7 Å². The molecule has 0 aromatic carbocycles. The molecule has 2 aliphatic rings. The predicted molar refractivity (Wildman–Crippen MR) is 79.3 cm³/mol. The van der Waals surface area contributed by atoms with E-state index in [2.05, 4.69) is 20.6 Å². The van der Waals surface area contributed by atoms with E-state index in [4.69, 9.17) is 0 Å². The van der Waals surface area contributed by atoms with Crippen LogP contribution in [0.4, 0.5) is 5.13 Å². The van der Waals surface area contributed by atoms with Crippen molar-refractivity contribution < 1.29 is 4.79 Å². The van der Waals surface area contributed by atoms with Crippen molar-refractivity contribution in [2.24, 2.45) is 5.92 Å². The standard InChI is InChI=1S/C12H18N4OS.ClH/c1-9-8-18-12(14-9)16-4-2-15(3-5-16)11(17)10-6-13-7-10;/h8,10,13H,2-7H2,1H3;1H. The summed E-state index contributed by atoms with van der Waals surface area (Å²) in [5.41, 5.74) is 1.08. The molecule has 2 fully saturated rings. The first-order chi connectivity index (χ1) is 8.74. The topological polar surface area (TPSA) is 48.5 Å². The van der Waals surface area contributed by atoms with Crippen LogP contribution in [0.3, 0.4) is 0 Å². The first kappa shape index (κ1) is 14.6. The average Bonchev–Trinajstić information content (AvgIpc) is 2.74. The van der Waals surface area contributed by atoms with Gasteiger partial charge in [0, 0.05) is 44.6 Å².